The molecule has 2 rings (SSSR count). The summed E-state index contributed by atoms with van der Waals surface area (Å²) in [5.74, 6) is 2.51. The third-order valence-corrected chi connectivity index (χ3v) is 2.30. The van der Waals surface area contributed by atoms with E-state index in [1.54, 1.807) is 0 Å². The Morgan fingerprint density at radius 2 is 2.29 bits per heavy atom. The van der Waals surface area contributed by atoms with Crippen LogP contribution in [0.4, 0.5) is 0 Å². The molecule has 0 spiro atoms. The molecule has 76 valence electrons. The van der Waals surface area contributed by atoms with Crippen LogP contribution >= 0.6 is 11.6 Å². The lowest BCUT2D eigenvalue weighted by Crippen LogP contribution is -1.98. The van der Waals surface area contributed by atoms with Crippen LogP contribution in [0.2, 0.25) is 0 Å². The Morgan fingerprint density at radius 3 is 3.00 bits per heavy atom. The van der Waals surface area contributed by atoms with Gasteiger partial charge in [0.2, 0.25) is 12.5 Å². The molecule has 0 saturated heterocycles. The quantitative estimate of drug-likeness (QED) is 0.724. The Kier molecular flexibility index (Phi) is 2.68. The van der Waals surface area contributed by atoms with Gasteiger partial charge in [0.05, 0.1) is 12.5 Å². The summed E-state index contributed by atoms with van der Waals surface area (Å²) in [5, 5.41) is 0. The number of halogens is 1. The lowest BCUT2D eigenvalue weighted by molar-refractivity contribution is 0.170. The molecule has 1 aromatic carbocycles. The highest BCUT2D eigenvalue weighted by atomic mass is 35.5. The van der Waals surface area contributed by atoms with Crippen LogP contribution in [0, 0.1) is 0 Å². The number of hydrogen-bond acceptors (Lipinski definition) is 3. The Morgan fingerprint density at radius 1 is 1.43 bits per heavy atom. The second-order valence-electron chi connectivity index (χ2n) is 2.85. The second kappa shape index (κ2) is 3.96. The van der Waals surface area contributed by atoms with Gasteiger partial charge in [0.1, 0.15) is 0 Å². The average Bonchev–Trinajstić information content (AvgIpc) is 2.67. The summed E-state index contributed by atoms with van der Waals surface area (Å²) in [7, 11) is 0. The first-order chi connectivity index (χ1) is 6.86. The van der Waals surface area contributed by atoms with Crippen molar-refractivity contribution in [2.24, 2.45) is 0 Å². The highest BCUT2D eigenvalue weighted by Crippen LogP contribution is 2.43. The molecule has 0 bridgehead atoms. The molecule has 1 heterocycles. The number of fused-ring (bicyclic) bond motifs is 1. The zero-order chi connectivity index (χ0) is 9.97. The first-order valence-corrected chi connectivity index (χ1v) is 5.00. The summed E-state index contributed by atoms with van der Waals surface area (Å²) in [6.45, 7) is 2.76. The van der Waals surface area contributed by atoms with Gasteiger partial charge in [-0.15, -0.1) is 11.6 Å². The van der Waals surface area contributed by atoms with Gasteiger partial charge in [-0.1, -0.05) is 6.07 Å². The second-order valence-corrected chi connectivity index (χ2v) is 3.12. The molecule has 0 atom stereocenters. The van der Waals surface area contributed by atoms with E-state index in [0.717, 1.165) is 11.3 Å². The predicted octanol–water partition coefficient (Wildman–Crippen LogP) is 2.55. The standard InChI is InChI=1S/C10H11ClO3/c1-2-12-9-7(5-11)3-4-8-10(9)14-6-13-8/h3-4H,2,5-6H2,1H3. The van der Waals surface area contributed by atoms with Crippen molar-refractivity contribution in [3.8, 4) is 17.2 Å². The van der Waals surface area contributed by atoms with Crippen LogP contribution in [0.1, 0.15) is 12.5 Å². The summed E-state index contributed by atoms with van der Waals surface area (Å²) in [6.07, 6.45) is 0. The Hall–Kier alpha value is -1.09. The number of hydrogen-bond donors (Lipinski definition) is 0. The van der Waals surface area contributed by atoms with E-state index in [4.69, 9.17) is 25.8 Å². The molecule has 0 N–H and O–H groups in total. The average molecular weight is 215 g/mol. The number of benzene rings is 1. The molecule has 1 aliphatic heterocycles. The molecule has 0 aliphatic carbocycles. The zero-order valence-electron chi connectivity index (χ0n) is 7.88. The molecule has 0 radical (unpaired) electrons. The van der Waals surface area contributed by atoms with Crippen molar-refractivity contribution >= 4 is 11.6 Å². The van der Waals surface area contributed by atoms with Crippen LogP contribution in [0.25, 0.3) is 0 Å². The van der Waals surface area contributed by atoms with Crippen LogP contribution in [0.5, 0.6) is 17.2 Å². The smallest absolute Gasteiger partial charge is 0.231 e. The van der Waals surface area contributed by atoms with Gasteiger partial charge in [0.15, 0.2) is 11.5 Å². The molecular weight excluding hydrogens is 204 g/mol. The van der Waals surface area contributed by atoms with E-state index < -0.39 is 0 Å². The predicted molar refractivity (Wildman–Crippen MR) is 53.3 cm³/mol. The van der Waals surface area contributed by atoms with Crippen LogP contribution < -0.4 is 14.2 Å². The van der Waals surface area contributed by atoms with E-state index in [1.807, 2.05) is 19.1 Å². The summed E-state index contributed by atoms with van der Waals surface area (Å²) in [4.78, 5) is 0. The minimum atomic E-state index is 0.251. The first kappa shape index (κ1) is 9.46. The maximum atomic E-state index is 5.79. The SMILES string of the molecule is CCOc1c(CCl)ccc2c1OCO2. The van der Waals surface area contributed by atoms with Crippen LogP contribution in [-0.4, -0.2) is 13.4 Å². The molecule has 0 fully saturated rings. The van der Waals surface area contributed by atoms with Crippen LogP contribution in [-0.2, 0) is 5.88 Å². The maximum Gasteiger partial charge on any atom is 0.231 e. The summed E-state index contributed by atoms with van der Waals surface area (Å²) < 4.78 is 16.0. The van der Waals surface area contributed by atoms with Crippen molar-refractivity contribution in [2.75, 3.05) is 13.4 Å². The molecule has 0 unspecified atom stereocenters. The van der Waals surface area contributed by atoms with E-state index >= 15 is 0 Å². The van der Waals surface area contributed by atoms with Crippen molar-refractivity contribution in [1.29, 1.82) is 0 Å². The normalized spacial score (nSPS) is 13.0. The largest absolute Gasteiger partial charge is 0.489 e. The number of rotatable bonds is 3. The topological polar surface area (TPSA) is 27.7 Å². The minimum absolute atomic E-state index is 0.251. The fourth-order valence-electron chi connectivity index (χ4n) is 1.40. The third kappa shape index (κ3) is 1.48. The molecule has 0 saturated carbocycles. The molecule has 1 aliphatic rings. The summed E-state index contributed by atoms with van der Waals surface area (Å²) >= 11 is 5.79. The highest BCUT2D eigenvalue weighted by molar-refractivity contribution is 6.17. The van der Waals surface area contributed by atoms with Gasteiger partial charge in [0, 0.05) is 5.56 Å². The van der Waals surface area contributed by atoms with Crippen molar-refractivity contribution in [3.63, 3.8) is 0 Å². The zero-order valence-corrected chi connectivity index (χ0v) is 8.63. The summed E-state index contributed by atoms with van der Waals surface area (Å²) in [5.41, 5.74) is 0.928. The fraction of sp³-hybridized carbons (Fsp3) is 0.400. The van der Waals surface area contributed by atoms with Gasteiger partial charge < -0.3 is 14.2 Å². The molecule has 0 aromatic heterocycles. The van der Waals surface area contributed by atoms with E-state index in [9.17, 15) is 0 Å². The minimum Gasteiger partial charge on any atom is -0.489 e. The van der Waals surface area contributed by atoms with Crippen LogP contribution in [0.3, 0.4) is 0 Å². The van der Waals surface area contributed by atoms with Crippen molar-refractivity contribution in [3.05, 3.63) is 17.7 Å². The lowest BCUT2D eigenvalue weighted by Gasteiger charge is -2.10. The number of alkyl halides is 1. The van der Waals surface area contributed by atoms with Gasteiger partial charge in [-0.3, -0.25) is 0 Å². The van der Waals surface area contributed by atoms with E-state index in [0.29, 0.717) is 24.0 Å². The molecule has 14 heavy (non-hydrogen) atoms. The molecule has 1 aromatic rings. The first-order valence-electron chi connectivity index (χ1n) is 4.47. The van der Waals surface area contributed by atoms with Gasteiger partial charge in [0.25, 0.3) is 0 Å². The molecule has 0 amide bonds. The van der Waals surface area contributed by atoms with Gasteiger partial charge >= 0.3 is 0 Å². The van der Waals surface area contributed by atoms with Crippen LogP contribution in [0.15, 0.2) is 12.1 Å². The van der Waals surface area contributed by atoms with E-state index in [1.165, 1.54) is 0 Å². The van der Waals surface area contributed by atoms with Crippen molar-refractivity contribution in [1.82, 2.24) is 0 Å². The third-order valence-electron chi connectivity index (χ3n) is 2.01. The van der Waals surface area contributed by atoms with Crippen molar-refractivity contribution < 1.29 is 14.2 Å². The Bertz CT molecular complexity index is 338. The lowest BCUT2D eigenvalue weighted by atomic mass is 10.2. The summed E-state index contributed by atoms with van der Waals surface area (Å²) in [6, 6.07) is 3.74. The molecular formula is C10H11ClO3. The maximum absolute atomic E-state index is 5.79. The van der Waals surface area contributed by atoms with Gasteiger partial charge in [-0.05, 0) is 13.0 Å². The van der Waals surface area contributed by atoms with Gasteiger partial charge in [-0.25, -0.2) is 0 Å². The monoisotopic (exact) mass is 214 g/mol. The Labute approximate surface area is 87.5 Å². The van der Waals surface area contributed by atoms with E-state index in [2.05, 4.69) is 0 Å². The molecule has 4 heteroatoms. The highest BCUT2D eigenvalue weighted by Gasteiger charge is 2.21. The van der Waals surface area contributed by atoms with E-state index in [-0.39, 0.29) is 6.79 Å². The van der Waals surface area contributed by atoms with Gasteiger partial charge in [-0.2, -0.15) is 0 Å². The Balaban J connectivity index is 2.45. The van der Waals surface area contributed by atoms with Crippen molar-refractivity contribution in [2.45, 2.75) is 12.8 Å². The number of ether oxygens (including phenoxy) is 3. The fourth-order valence-corrected chi connectivity index (χ4v) is 1.61. The molecule has 3 nitrogen and oxygen atoms in total.